The van der Waals surface area contributed by atoms with Gasteiger partial charge >= 0.3 is 0 Å². The summed E-state index contributed by atoms with van der Waals surface area (Å²) in [5.41, 5.74) is 1.89. The number of carbonyl (C=O) groups is 1. The second kappa shape index (κ2) is 5.78. The van der Waals surface area contributed by atoms with E-state index in [2.05, 4.69) is 6.92 Å². The Labute approximate surface area is 148 Å². The molecule has 25 heavy (non-hydrogen) atoms. The molecule has 0 aromatic heterocycles. The topological polar surface area (TPSA) is 20.3 Å². The average molecular weight is 347 g/mol. The molecular weight excluding hydrogens is 320 g/mol. The van der Waals surface area contributed by atoms with Gasteiger partial charge in [-0.25, -0.2) is 8.78 Å². The highest BCUT2D eigenvalue weighted by Crippen LogP contribution is 2.57. The van der Waals surface area contributed by atoms with E-state index in [0.29, 0.717) is 24.3 Å². The maximum atomic E-state index is 13.7. The van der Waals surface area contributed by atoms with E-state index in [-0.39, 0.29) is 11.0 Å². The molecule has 2 saturated carbocycles. The van der Waals surface area contributed by atoms with Crippen LogP contribution in [0.4, 0.5) is 8.78 Å². The molecule has 4 rings (SSSR count). The first-order chi connectivity index (χ1) is 11.8. The third-order valence-corrected chi connectivity index (χ3v) is 6.80. The number of rotatable bonds is 2. The summed E-state index contributed by atoms with van der Waals surface area (Å²) in [6.07, 6.45) is 6.28. The molecule has 2 fully saturated rings. The number of hydrogen-bond donors (Lipinski definition) is 0. The van der Waals surface area contributed by atoms with Crippen LogP contribution < -0.4 is 0 Å². The van der Waals surface area contributed by atoms with Crippen molar-refractivity contribution in [3.63, 3.8) is 0 Å². The lowest BCUT2D eigenvalue weighted by Crippen LogP contribution is -2.46. The molecule has 2 aliphatic carbocycles. The van der Waals surface area contributed by atoms with Crippen LogP contribution in [-0.2, 0) is 23.7 Å². The lowest BCUT2D eigenvalue weighted by atomic mass is 9.78. The van der Waals surface area contributed by atoms with E-state index >= 15 is 0 Å². The van der Waals surface area contributed by atoms with Gasteiger partial charge in [-0.2, -0.15) is 0 Å². The van der Waals surface area contributed by atoms with Gasteiger partial charge in [-0.15, -0.1) is 0 Å². The monoisotopic (exact) mass is 347 g/mol. The van der Waals surface area contributed by atoms with Crippen LogP contribution in [0.5, 0.6) is 0 Å². The summed E-state index contributed by atoms with van der Waals surface area (Å²) in [7, 11) is 0. The highest BCUT2D eigenvalue weighted by Gasteiger charge is 2.55. The zero-order valence-corrected chi connectivity index (χ0v) is 15.2. The zero-order chi connectivity index (χ0) is 17.8. The van der Waals surface area contributed by atoms with Crippen molar-refractivity contribution in [1.82, 2.24) is 4.90 Å². The molecule has 0 unspecified atom stereocenters. The smallest absolute Gasteiger partial charge is 0.270 e. The molecule has 4 heteroatoms. The van der Waals surface area contributed by atoms with E-state index in [1.807, 2.05) is 11.0 Å². The van der Waals surface area contributed by atoms with Crippen molar-refractivity contribution < 1.29 is 13.6 Å². The van der Waals surface area contributed by atoms with Crippen LogP contribution in [0.2, 0.25) is 0 Å². The number of alkyl halides is 2. The Morgan fingerprint density at radius 3 is 2.88 bits per heavy atom. The van der Waals surface area contributed by atoms with Crippen molar-refractivity contribution in [3.05, 3.63) is 34.9 Å². The Kier molecular flexibility index (Phi) is 3.93. The van der Waals surface area contributed by atoms with E-state index in [0.717, 1.165) is 50.3 Å². The quantitative estimate of drug-likeness (QED) is 0.745. The molecule has 1 heterocycles. The van der Waals surface area contributed by atoms with Gasteiger partial charge in [0.25, 0.3) is 5.92 Å². The minimum absolute atomic E-state index is 0.0481. The van der Waals surface area contributed by atoms with Crippen molar-refractivity contribution in [2.45, 2.75) is 64.8 Å². The average Bonchev–Trinajstić information content (AvgIpc) is 3.09. The Morgan fingerprint density at radius 2 is 2.12 bits per heavy atom. The van der Waals surface area contributed by atoms with Gasteiger partial charge in [-0.05, 0) is 61.1 Å². The largest absolute Gasteiger partial charge is 0.338 e. The van der Waals surface area contributed by atoms with Gasteiger partial charge in [0.15, 0.2) is 0 Å². The van der Waals surface area contributed by atoms with Crippen LogP contribution in [0.3, 0.4) is 0 Å². The Balaban J connectivity index is 1.59. The number of nitrogens with zero attached hydrogens (tertiary/aromatic N) is 1. The molecule has 3 atom stereocenters. The van der Waals surface area contributed by atoms with E-state index in [4.69, 9.17) is 0 Å². The second-order valence-electron chi connectivity index (χ2n) is 8.64. The van der Waals surface area contributed by atoms with Crippen molar-refractivity contribution in [1.29, 1.82) is 0 Å². The van der Waals surface area contributed by atoms with Crippen molar-refractivity contribution >= 4 is 5.91 Å². The fourth-order valence-electron chi connectivity index (χ4n) is 5.63. The maximum absolute atomic E-state index is 13.7. The summed E-state index contributed by atoms with van der Waals surface area (Å²) in [5.74, 6) is -1.39. The number of halogens is 2. The molecule has 2 nitrogen and oxygen atoms in total. The third-order valence-electron chi connectivity index (χ3n) is 6.80. The Bertz CT molecular complexity index is 696. The van der Waals surface area contributed by atoms with E-state index in [1.54, 1.807) is 6.07 Å². The molecule has 1 aromatic carbocycles. The van der Waals surface area contributed by atoms with Crippen LogP contribution >= 0.6 is 0 Å². The summed E-state index contributed by atoms with van der Waals surface area (Å²) in [6.45, 7) is 4.40. The highest BCUT2D eigenvalue weighted by molar-refractivity contribution is 5.84. The highest BCUT2D eigenvalue weighted by atomic mass is 19.3. The molecular formula is C21H27F2NO. The molecule has 1 aromatic rings. The van der Waals surface area contributed by atoms with Gasteiger partial charge in [0, 0.05) is 25.6 Å². The molecule has 0 saturated heterocycles. The van der Waals surface area contributed by atoms with Crippen molar-refractivity contribution in [2.75, 3.05) is 6.54 Å². The van der Waals surface area contributed by atoms with Crippen LogP contribution in [0.15, 0.2) is 18.2 Å². The SMILES string of the molecule is C[C@@H]1C[C@H]2CCC[C@@]2(C(=O)N2CCc3ccc(C(C)(F)F)cc3C2)C1. The zero-order valence-electron chi connectivity index (χ0n) is 15.2. The summed E-state index contributed by atoms with van der Waals surface area (Å²) in [5, 5.41) is 0. The lowest BCUT2D eigenvalue weighted by molar-refractivity contribution is -0.144. The number of benzene rings is 1. The number of amides is 1. The second-order valence-corrected chi connectivity index (χ2v) is 8.64. The van der Waals surface area contributed by atoms with Gasteiger partial charge in [0.2, 0.25) is 5.91 Å². The van der Waals surface area contributed by atoms with E-state index in [1.165, 1.54) is 18.9 Å². The predicted octanol–water partition coefficient (Wildman–Crippen LogP) is 4.90. The molecule has 0 radical (unpaired) electrons. The van der Waals surface area contributed by atoms with Crippen molar-refractivity contribution in [3.8, 4) is 0 Å². The first kappa shape index (κ1) is 17.0. The van der Waals surface area contributed by atoms with Gasteiger partial charge < -0.3 is 4.90 Å². The van der Waals surface area contributed by atoms with Crippen LogP contribution in [0, 0.1) is 17.3 Å². The van der Waals surface area contributed by atoms with E-state index < -0.39 is 5.92 Å². The van der Waals surface area contributed by atoms with Gasteiger partial charge in [-0.1, -0.05) is 25.5 Å². The molecule has 1 amide bonds. The van der Waals surface area contributed by atoms with Gasteiger partial charge in [-0.3, -0.25) is 4.79 Å². The number of carbonyl (C=O) groups excluding carboxylic acids is 1. The number of fused-ring (bicyclic) bond motifs is 2. The molecule has 0 N–H and O–H groups in total. The van der Waals surface area contributed by atoms with Crippen LogP contribution in [0.1, 0.15) is 62.6 Å². The van der Waals surface area contributed by atoms with Gasteiger partial charge in [0.1, 0.15) is 0 Å². The fourth-order valence-corrected chi connectivity index (χ4v) is 5.63. The first-order valence-electron chi connectivity index (χ1n) is 9.59. The fraction of sp³-hybridized carbons (Fsp3) is 0.667. The predicted molar refractivity (Wildman–Crippen MR) is 93.3 cm³/mol. The summed E-state index contributed by atoms with van der Waals surface area (Å²) >= 11 is 0. The third kappa shape index (κ3) is 2.78. The van der Waals surface area contributed by atoms with E-state index in [9.17, 15) is 13.6 Å². The minimum atomic E-state index is -2.84. The molecule has 136 valence electrons. The number of hydrogen-bond acceptors (Lipinski definition) is 1. The lowest BCUT2D eigenvalue weighted by Gasteiger charge is -2.38. The van der Waals surface area contributed by atoms with Gasteiger partial charge in [0.05, 0.1) is 5.41 Å². The molecule has 0 spiro atoms. The summed E-state index contributed by atoms with van der Waals surface area (Å²) < 4.78 is 27.3. The minimum Gasteiger partial charge on any atom is -0.338 e. The summed E-state index contributed by atoms with van der Waals surface area (Å²) in [6, 6.07) is 4.95. The normalized spacial score (nSPS) is 31.8. The Morgan fingerprint density at radius 1 is 1.32 bits per heavy atom. The Hall–Kier alpha value is -1.45. The van der Waals surface area contributed by atoms with Crippen LogP contribution in [-0.4, -0.2) is 17.4 Å². The first-order valence-corrected chi connectivity index (χ1v) is 9.59. The van der Waals surface area contributed by atoms with Crippen molar-refractivity contribution in [2.24, 2.45) is 17.3 Å². The summed E-state index contributed by atoms with van der Waals surface area (Å²) in [4.78, 5) is 15.4. The molecule has 1 aliphatic heterocycles. The van der Waals surface area contributed by atoms with Crippen LogP contribution in [0.25, 0.3) is 0 Å². The molecule has 0 bridgehead atoms. The maximum Gasteiger partial charge on any atom is 0.270 e. The standard InChI is InChI=1S/C21H27F2NO/c1-14-10-18-4-3-8-21(18,12-14)19(25)24-9-7-15-5-6-17(20(2,22)23)11-16(15)13-24/h5-6,11,14,18H,3-4,7-10,12-13H2,1-2H3/t14-,18-,21-/m1/s1. The molecule has 3 aliphatic rings.